The molecule has 1 aromatic heterocycles. The van der Waals surface area contributed by atoms with Crippen molar-refractivity contribution in [2.24, 2.45) is 22.4 Å². The minimum absolute atomic E-state index is 0.00896. The van der Waals surface area contributed by atoms with E-state index < -0.39 is 23.4 Å². The number of nitrogens with one attached hydrogen (secondary N) is 3. The van der Waals surface area contributed by atoms with Gasteiger partial charge in [-0.1, -0.05) is 19.9 Å². The fourth-order valence-electron chi connectivity index (χ4n) is 3.06. The molecular weight excluding hydrogens is 374 g/mol. The van der Waals surface area contributed by atoms with Crippen molar-refractivity contribution in [1.82, 2.24) is 9.97 Å². The van der Waals surface area contributed by atoms with Crippen LogP contribution < -0.4 is 27.7 Å². The molecule has 2 heterocycles. The summed E-state index contributed by atoms with van der Waals surface area (Å²) < 4.78 is 0. The maximum atomic E-state index is 12.4. The minimum atomic E-state index is -0.927. The van der Waals surface area contributed by atoms with E-state index in [0.29, 0.717) is 18.7 Å². The molecule has 0 fully saturated rings. The largest absolute Gasteiger partial charge is 0.368 e. The Labute approximate surface area is 166 Å². The van der Waals surface area contributed by atoms with Crippen molar-refractivity contribution in [2.75, 3.05) is 10.6 Å². The number of carbonyl (C=O) groups excluding carboxylic acids is 2. The third-order valence-corrected chi connectivity index (χ3v) is 4.43. The number of primary amides is 2. The van der Waals surface area contributed by atoms with E-state index in [0.717, 1.165) is 11.1 Å². The Balaban J connectivity index is 1.96. The lowest BCUT2D eigenvalue weighted by atomic mass is 10.0. The molecule has 0 radical (unpaired) electrons. The third-order valence-electron chi connectivity index (χ3n) is 4.43. The van der Waals surface area contributed by atoms with Gasteiger partial charge in [-0.2, -0.15) is 4.98 Å². The molecule has 0 saturated carbocycles. The summed E-state index contributed by atoms with van der Waals surface area (Å²) in [7, 11) is 0. The molecule has 2 aromatic rings. The molecule has 0 unspecified atom stereocenters. The second-order valence-corrected chi connectivity index (χ2v) is 7.24. The van der Waals surface area contributed by atoms with Gasteiger partial charge in [0.1, 0.15) is 11.6 Å². The predicted molar refractivity (Wildman–Crippen MR) is 110 cm³/mol. The molecule has 10 heteroatoms. The topological polar surface area (TPSA) is 168 Å². The molecule has 29 heavy (non-hydrogen) atoms. The Morgan fingerprint density at radius 2 is 2.03 bits per heavy atom. The molecule has 3 rings (SSSR count). The van der Waals surface area contributed by atoms with Crippen molar-refractivity contribution < 1.29 is 9.59 Å². The Morgan fingerprint density at radius 1 is 1.28 bits per heavy atom. The number of hydrogen-bond acceptors (Lipinski definition) is 7. The van der Waals surface area contributed by atoms with Crippen LogP contribution in [0.4, 0.5) is 17.5 Å². The average molecular weight is 397 g/mol. The van der Waals surface area contributed by atoms with E-state index in [1.54, 1.807) is 12.3 Å². The van der Waals surface area contributed by atoms with E-state index >= 15 is 0 Å². The van der Waals surface area contributed by atoms with Gasteiger partial charge in [0.2, 0.25) is 11.9 Å². The van der Waals surface area contributed by atoms with Crippen LogP contribution >= 0.6 is 0 Å². The lowest BCUT2D eigenvalue weighted by molar-refractivity contribution is -0.119. The number of aromatic nitrogens is 2. The van der Waals surface area contributed by atoms with E-state index in [1.165, 1.54) is 0 Å². The highest BCUT2D eigenvalue weighted by atomic mass is 16.2. The molecule has 1 aliphatic heterocycles. The molecule has 0 bridgehead atoms. The zero-order valence-corrected chi connectivity index (χ0v) is 16.2. The summed E-state index contributed by atoms with van der Waals surface area (Å²) in [5.41, 5.74) is 12.4. The average Bonchev–Trinajstić information content (AvgIpc) is 3.07. The van der Waals surface area contributed by atoms with E-state index in [2.05, 4.69) is 25.6 Å². The van der Waals surface area contributed by atoms with Crippen LogP contribution in [-0.2, 0) is 11.3 Å². The molecule has 10 nitrogen and oxygen atoms in total. The number of carbonyl (C=O) groups is 2. The number of nitrogens with zero attached hydrogens (tertiary/aromatic N) is 2. The summed E-state index contributed by atoms with van der Waals surface area (Å²) in [5.74, 6) is -1.33. The first kappa shape index (κ1) is 20.1. The molecule has 0 aliphatic carbocycles. The summed E-state index contributed by atoms with van der Waals surface area (Å²) in [6.07, 6.45) is 2.20. The molecule has 1 aliphatic rings. The first-order valence-electron chi connectivity index (χ1n) is 9.14. The van der Waals surface area contributed by atoms with Gasteiger partial charge in [-0.25, -0.2) is 0 Å². The first-order chi connectivity index (χ1) is 13.7. The Hall–Kier alpha value is -3.69. The highest BCUT2D eigenvalue weighted by Crippen LogP contribution is 2.23. The maximum absolute atomic E-state index is 12.4. The second kappa shape index (κ2) is 8.13. The van der Waals surface area contributed by atoms with Crippen LogP contribution in [0.2, 0.25) is 0 Å². The van der Waals surface area contributed by atoms with Crippen LogP contribution in [0.3, 0.4) is 0 Å². The van der Waals surface area contributed by atoms with Gasteiger partial charge < -0.3 is 22.1 Å². The van der Waals surface area contributed by atoms with Gasteiger partial charge in [-0.15, -0.1) is 0 Å². The van der Waals surface area contributed by atoms with Crippen molar-refractivity contribution >= 4 is 35.5 Å². The number of aliphatic imine (C=N–C) groups is 1. The van der Waals surface area contributed by atoms with E-state index in [9.17, 15) is 14.4 Å². The lowest BCUT2D eigenvalue weighted by Gasteiger charge is -2.18. The number of fused-ring (bicyclic) bond motifs is 1. The maximum Gasteiger partial charge on any atom is 0.267 e. The van der Waals surface area contributed by atoms with Crippen molar-refractivity contribution in [1.29, 1.82) is 0 Å². The number of aromatic amines is 1. The Morgan fingerprint density at radius 3 is 2.69 bits per heavy atom. The Kier molecular flexibility index (Phi) is 5.62. The van der Waals surface area contributed by atoms with Gasteiger partial charge in [0.15, 0.2) is 5.82 Å². The Bertz CT molecular complexity index is 1040. The molecular formula is C19H23N7O3. The SMILES string of the molecule is CC(C)C[C@@H](Nc1nc(Nc2ccc3c(c2)C=NC3)c(C(N)=O)c(=O)[nH]1)C(N)=O. The summed E-state index contributed by atoms with van der Waals surface area (Å²) >= 11 is 0. The smallest absolute Gasteiger partial charge is 0.267 e. The number of anilines is 3. The molecule has 0 spiro atoms. The van der Waals surface area contributed by atoms with Crippen LogP contribution in [-0.4, -0.2) is 34.0 Å². The zero-order chi connectivity index (χ0) is 21.1. The van der Waals surface area contributed by atoms with Crippen LogP contribution in [0.5, 0.6) is 0 Å². The van der Waals surface area contributed by atoms with E-state index in [1.807, 2.05) is 26.0 Å². The van der Waals surface area contributed by atoms with Gasteiger partial charge in [-0.05, 0) is 35.6 Å². The molecule has 1 atom stereocenters. The standard InChI is InChI=1S/C19H23N7O3/c1-9(2)5-13(15(20)27)24-19-25-17(14(16(21)28)18(29)26-19)23-12-4-3-10-7-22-8-11(10)6-12/h3-4,6,8-9,13H,5,7H2,1-2H3,(H2,20,27)(H2,21,28)(H3,23,24,25,26,29)/t13-/m1/s1. The van der Waals surface area contributed by atoms with Gasteiger partial charge in [0.25, 0.3) is 11.5 Å². The minimum Gasteiger partial charge on any atom is -0.368 e. The molecule has 1 aromatic carbocycles. The van der Waals surface area contributed by atoms with Crippen molar-refractivity contribution in [3.63, 3.8) is 0 Å². The summed E-state index contributed by atoms with van der Waals surface area (Å²) in [4.78, 5) is 46.9. The quantitative estimate of drug-likeness (QED) is 0.442. The fourth-order valence-corrected chi connectivity index (χ4v) is 3.06. The van der Waals surface area contributed by atoms with E-state index in [-0.39, 0.29) is 23.2 Å². The number of benzene rings is 1. The zero-order valence-electron chi connectivity index (χ0n) is 16.2. The summed E-state index contributed by atoms with van der Waals surface area (Å²) in [6, 6.07) is 4.78. The first-order valence-corrected chi connectivity index (χ1v) is 9.14. The fraction of sp³-hybridized carbons (Fsp3) is 0.316. The van der Waals surface area contributed by atoms with Crippen molar-refractivity contribution in [2.45, 2.75) is 32.9 Å². The van der Waals surface area contributed by atoms with Gasteiger partial charge in [0, 0.05) is 11.9 Å². The number of amides is 2. The van der Waals surface area contributed by atoms with Crippen molar-refractivity contribution in [3.8, 4) is 0 Å². The van der Waals surface area contributed by atoms with Crippen LogP contribution in [0, 0.1) is 5.92 Å². The number of H-pyrrole nitrogens is 1. The second-order valence-electron chi connectivity index (χ2n) is 7.24. The monoisotopic (exact) mass is 397 g/mol. The number of rotatable bonds is 8. The molecule has 7 N–H and O–H groups in total. The molecule has 0 saturated heterocycles. The predicted octanol–water partition coefficient (Wildman–Crippen LogP) is 0.857. The number of hydrogen-bond donors (Lipinski definition) is 5. The van der Waals surface area contributed by atoms with Gasteiger partial charge in [-0.3, -0.25) is 24.4 Å². The van der Waals surface area contributed by atoms with Crippen molar-refractivity contribution in [3.05, 3.63) is 45.2 Å². The van der Waals surface area contributed by atoms with Crippen LogP contribution in [0.15, 0.2) is 28.0 Å². The normalized spacial score (nSPS) is 13.2. The lowest BCUT2D eigenvalue weighted by Crippen LogP contribution is -2.38. The van der Waals surface area contributed by atoms with Crippen LogP contribution in [0.1, 0.15) is 41.8 Å². The van der Waals surface area contributed by atoms with Gasteiger partial charge >= 0.3 is 0 Å². The third kappa shape index (κ3) is 4.60. The van der Waals surface area contributed by atoms with Gasteiger partial charge in [0.05, 0.1) is 6.54 Å². The molecule has 152 valence electrons. The summed E-state index contributed by atoms with van der Waals surface area (Å²) in [6.45, 7) is 4.49. The highest BCUT2D eigenvalue weighted by molar-refractivity contribution is 5.98. The molecule has 2 amide bonds. The summed E-state index contributed by atoms with van der Waals surface area (Å²) in [5, 5.41) is 5.79. The van der Waals surface area contributed by atoms with E-state index in [4.69, 9.17) is 11.5 Å². The van der Waals surface area contributed by atoms with Crippen LogP contribution in [0.25, 0.3) is 0 Å². The number of nitrogens with two attached hydrogens (primary N) is 2. The highest BCUT2D eigenvalue weighted by Gasteiger charge is 2.21.